The molecule has 7 nitrogen and oxygen atoms in total. The molecule has 24 heavy (non-hydrogen) atoms. The van der Waals surface area contributed by atoms with Crippen LogP contribution in [0.25, 0.3) is 0 Å². The molecular formula is C17H17N3O4. The third kappa shape index (κ3) is 5.20. The van der Waals surface area contributed by atoms with Crippen molar-refractivity contribution in [3.8, 4) is 5.75 Å². The zero-order valence-corrected chi connectivity index (χ0v) is 13.1. The van der Waals surface area contributed by atoms with Crippen LogP contribution in [0, 0.1) is 0 Å². The minimum atomic E-state index is -0.453. The molecule has 0 aliphatic heterocycles. The van der Waals surface area contributed by atoms with Crippen molar-refractivity contribution >= 4 is 17.8 Å². The second kappa shape index (κ2) is 8.42. The van der Waals surface area contributed by atoms with Gasteiger partial charge in [0.2, 0.25) is 0 Å². The molecule has 1 heterocycles. The molecule has 1 aromatic heterocycles. The highest BCUT2D eigenvalue weighted by molar-refractivity contribution is 5.95. The van der Waals surface area contributed by atoms with Gasteiger partial charge in [0.1, 0.15) is 5.75 Å². The van der Waals surface area contributed by atoms with Gasteiger partial charge in [0, 0.05) is 38.0 Å². The Balaban J connectivity index is 1.79. The van der Waals surface area contributed by atoms with Gasteiger partial charge in [-0.1, -0.05) is 6.07 Å². The van der Waals surface area contributed by atoms with Gasteiger partial charge in [0.25, 0.3) is 11.8 Å². The Morgan fingerprint density at radius 1 is 1.00 bits per heavy atom. The molecule has 2 amide bonds. The summed E-state index contributed by atoms with van der Waals surface area (Å²) in [7, 11) is 0. The maximum atomic E-state index is 12.0. The Bertz CT molecular complexity index is 732. The molecule has 0 radical (unpaired) electrons. The highest BCUT2D eigenvalue weighted by atomic mass is 16.5. The van der Waals surface area contributed by atoms with E-state index in [-0.39, 0.29) is 24.9 Å². The van der Waals surface area contributed by atoms with Crippen LogP contribution >= 0.6 is 0 Å². The van der Waals surface area contributed by atoms with Gasteiger partial charge in [-0.2, -0.15) is 0 Å². The van der Waals surface area contributed by atoms with Crippen molar-refractivity contribution < 1.29 is 19.1 Å². The SMILES string of the molecule is CC(=O)Oc1cccc(C(=O)NCCNC(=O)c2cccnc2)c1. The third-order valence-corrected chi connectivity index (χ3v) is 2.98. The van der Waals surface area contributed by atoms with E-state index in [4.69, 9.17) is 4.74 Å². The first-order valence-corrected chi connectivity index (χ1v) is 7.31. The van der Waals surface area contributed by atoms with Gasteiger partial charge >= 0.3 is 5.97 Å². The lowest BCUT2D eigenvalue weighted by Gasteiger charge is -2.08. The van der Waals surface area contributed by atoms with E-state index < -0.39 is 5.97 Å². The van der Waals surface area contributed by atoms with E-state index in [1.54, 1.807) is 36.5 Å². The fraction of sp³-hybridized carbons (Fsp3) is 0.176. The molecule has 0 atom stereocenters. The van der Waals surface area contributed by atoms with Crippen LogP contribution in [-0.2, 0) is 4.79 Å². The number of nitrogens with zero attached hydrogens (tertiary/aromatic N) is 1. The van der Waals surface area contributed by atoms with Crippen molar-refractivity contribution in [2.24, 2.45) is 0 Å². The zero-order chi connectivity index (χ0) is 17.4. The van der Waals surface area contributed by atoms with Gasteiger partial charge in [-0.05, 0) is 30.3 Å². The van der Waals surface area contributed by atoms with Gasteiger partial charge in [0.15, 0.2) is 0 Å². The van der Waals surface area contributed by atoms with E-state index in [9.17, 15) is 14.4 Å². The molecule has 0 saturated carbocycles. The summed E-state index contributed by atoms with van der Waals surface area (Å²) < 4.78 is 4.93. The van der Waals surface area contributed by atoms with Crippen LogP contribution in [0.1, 0.15) is 27.6 Å². The maximum Gasteiger partial charge on any atom is 0.308 e. The topological polar surface area (TPSA) is 97.4 Å². The number of carbonyl (C=O) groups is 3. The summed E-state index contributed by atoms with van der Waals surface area (Å²) >= 11 is 0. The predicted octanol–water partition coefficient (Wildman–Crippen LogP) is 1.17. The molecule has 0 bridgehead atoms. The van der Waals surface area contributed by atoms with Crippen LogP contribution in [0.4, 0.5) is 0 Å². The van der Waals surface area contributed by atoms with Crippen molar-refractivity contribution in [3.05, 3.63) is 59.9 Å². The lowest BCUT2D eigenvalue weighted by Crippen LogP contribution is -2.34. The molecule has 0 aliphatic rings. The number of hydrogen-bond donors (Lipinski definition) is 2. The number of amides is 2. The smallest absolute Gasteiger partial charge is 0.308 e. The molecule has 124 valence electrons. The van der Waals surface area contributed by atoms with Gasteiger partial charge in [-0.3, -0.25) is 19.4 Å². The number of benzene rings is 1. The molecular weight excluding hydrogens is 310 g/mol. The van der Waals surface area contributed by atoms with Crippen molar-refractivity contribution in [1.29, 1.82) is 0 Å². The molecule has 0 unspecified atom stereocenters. The highest BCUT2D eigenvalue weighted by Crippen LogP contribution is 2.13. The molecule has 0 saturated heterocycles. The van der Waals surface area contributed by atoms with Crippen LogP contribution in [-0.4, -0.2) is 35.9 Å². The molecule has 0 aliphatic carbocycles. The van der Waals surface area contributed by atoms with E-state index in [1.165, 1.54) is 19.2 Å². The second-order valence-electron chi connectivity index (χ2n) is 4.87. The molecule has 0 spiro atoms. The monoisotopic (exact) mass is 327 g/mol. The summed E-state index contributed by atoms with van der Waals surface area (Å²) in [4.78, 5) is 38.6. The van der Waals surface area contributed by atoms with E-state index in [2.05, 4.69) is 15.6 Å². The van der Waals surface area contributed by atoms with Gasteiger partial charge in [0.05, 0.1) is 5.56 Å². The number of hydrogen-bond acceptors (Lipinski definition) is 5. The predicted molar refractivity (Wildman–Crippen MR) is 86.7 cm³/mol. The van der Waals surface area contributed by atoms with E-state index in [1.807, 2.05) is 0 Å². The van der Waals surface area contributed by atoms with Crippen molar-refractivity contribution in [1.82, 2.24) is 15.6 Å². The summed E-state index contributed by atoms with van der Waals surface area (Å²) in [5.41, 5.74) is 0.824. The first kappa shape index (κ1) is 17.1. The van der Waals surface area contributed by atoms with Crippen LogP contribution < -0.4 is 15.4 Å². The van der Waals surface area contributed by atoms with Gasteiger partial charge in [-0.15, -0.1) is 0 Å². The van der Waals surface area contributed by atoms with Crippen molar-refractivity contribution in [2.45, 2.75) is 6.92 Å². The number of pyridine rings is 1. The molecule has 2 rings (SSSR count). The Morgan fingerprint density at radius 2 is 1.67 bits per heavy atom. The van der Waals surface area contributed by atoms with Crippen LogP contribution in [0.15, 0.2) is 48.8 Å². The fourth-order valence-electron chi connectivity index (χ4n) is 1.92. The molecule has 0 fully saturated rings. The molecule has 2 aromatic rings. The summed E-state index contributed by atoms with van der Waals surface area (Å²) in [6.45, 7) is 1.84. The van der Waals surface area contributed by atoms with Crippen molar-refractivity contribution in [2.75, 3.05) is 13.1 Å². The summed E-state index contributed by atoms with van der Waals surface area (Å²) in [6.07, 6.45) is 3.05. The number of rotatable bonds is 6. The largest absolute Gasteiger partial charge is 0.427 e. The van der Waals surface area contributed by atoms with E-state index in [0.717, 1.165) is 0 Å². The number of esters is 1. The minimum absolute atomic E-state index is 0.255. The number of aromatic nitrogens is 1. The average Bonchev–Trinajstić information content (AvgIpc) is 2.58. The Kier molecular flexibility index (Phi) is 6.01. The lowest BCUT2D eigenvalue weighted by atomic mass is 10.2. The normalized spacial score (nSPS) is 9.88. The Morgan fingerprint density at radius 3 is 2.29 bits per heavy atom. The van der Waals surface area contributed by atoms with Crippen molar-refractivity contribution in [3.63, 3.8) is 0 Å². The van der Waals surface area contributed by atoms with E-state index >= 15 is 0 Å². The molecule has 7 heteroatoms. The third-order valence-electron chi connectivity index (χ3n) is 2.98. The van der Waals surface area contributed by atoms with Gasteiger partial charge in [-0.25, -0.2) is 0 Å². The lowest BCUT2D eigenvalue weighted by molar-refractivity contribution is -0.131. The van der Waals surface area contributed by atoms with Gasteiger partial charge < -0.3 is 15.4 Å². The molecule has 2 N–H and O–H groups in total. The average molecular weight is 327 g/mol. The minimum Gasteiger partial charge on any atom is -0.427 e. The summed E-state index contributed by atoms with van der Waals surface area (Å²) in [6, 6.07) is 9.62. The Hall–Kier alpha value is -3.22. The zero-order valence-electron chi connectivity index (χ0n) is 13.1. The fourth-order valence-corrected chi connectivity index (χ4v) is 1.92. The number of carbonyl (C=O) groups excluding carboxylic acids is 3. The quantitative estimate of drug-likeness (QED) is 0.471. The first-order valence-electron chi connectivity index (χ1n) is 7.31. The second-order valence-corrected chi connectivity index (χ2v) is 4.87. The molecule has 1 aromatic carbocycles. The van der Waals surface area contributed by atoms with E-state index in [0.29, 0.717) is 16.9 Å². The first-order chi connectivity index (χ1) is 11.6. The van der Waals surface area contributed by atoms with Crippen LogP contribution in [0.5, 0.6) is 5.75 Å². The standard InChI is InChI=1S/C17H17N3O4/c1-12(21)24-15-6-2-4-13(10-15)16(22)19-8-9-20-17(23)14-5-3-7-18-11-14/h2-7,10-11H,8-9H2,1H3,(H,19,22)(H,20,23). The van der Waals surface area contributed by atoms with Crippen LogP contribution in [0.2, 0.25) is 0 Å². The summed E-state index contributed by atoms with van der Waals surface area (Å²) in [5, 5.41) is 5.36. The van der Waals surface area contributed by atoms with Crippen LogP contribution in [0.3, 0.4) is 0 Å². The Labute approximate surface area is 139 Å². The summed E-state index contributed by atoms with van der Waals surface area (Å²) in [5.74, 6) is -0.723. The highest BCUT2D eigenvalue weighted by Gasteiger charge is 2.08. The maximum absolute atomic E-state index is 12.0. The number of nitrogens with one attached hydrogen (secondary N) is 2. The number of ether oxygens (including phenoxy) is 1.